The zero-order valence-electron chi connectivity index (χ0n) is 9.41. The normalized spacial score (nSPS) is 10.0. The van der Waals surface area contributed by atoms with E-state index in [-0.39, 0.29) is 11.6 Å². The summed E-state index contributed by atoms with van der Waals surface area (Å²) in [5.74, 6) is -0.331. The van der Waals surface area contributed by atoms with E-state index in [2.05, 4.69) is 5.32 Å². The number of hydrogen-bond donors (Lipinski definition) is 1. The van der Waals surface area contributed by atoms with E-state index >= 15 is 0 Å². The Kier molecular flexibility index (Phi) is 3.19. The summed E-state index contributed by atoms with van der Waals surface area (Å²) in [6, 6.07) is 13.4. The minimum Gasteiger partial charge on any atom is -0.353 e. The van der Waals surface area contributed by atoms with Crippen molar-refractivity contribution in [2.24, 2.45) is 0 Å². The molecule has 1 N–H and O–H groups in total. The number of nitrogens with one attached hydrogen (secondary N) is 1. The van der Waals surface area contributed by atoms with Crippen molar-refractivity contribution < 1.29 is 9.18 Å². The van der Waals surface area contributed by atoms with Gasteiger partial charge in [-0.25, -0.2) is 4.39 Å². The first-order valence-corrected chi connectivity index (χ1v) is 5.29. The van der Waals surface area contributed by atoms with Gasteiger partial charge in [-0.3, -0.25) is 4.79 Å². The second-order valence-electron chi connectivity index (χ2n) is 3.74. The number of hydrogen-bond acceptors (Lipinski definition) is 2. The Bertz CT molecular complexity index is 551. The fourth-order valence-corrected chi connectivity index (χ4v) is 1.53. The second-order valence-corrected chi connectivity index (χ2v) is 3.74. The molecule has 86 valence electrons. The molecule has 3 heteroatoms. The third-order valence-electron chi connectivity index (χ3n) is 2.42. The fourth-order valence-electron chi connectivity index (χ4n) is 1.53. The lowest BCUT2D eigenvalue weighted by molar-refractivity contribution is 0.101. The van der Waals surface area contributed by atoms with Gasteiger partial charge in [-0.1, -0.05) is 24.3 Å². The van der Waals surface area contributed by atoms with Crippen LogP contribution in [-0.4, -0.2) is 5.78 Å². The molecule has 0 bridgehead atoms. The molecule has 0 aromatic heterocycles. The van der Waals surface area contributed by atoms with E-state index in [4.69, 9.17) is 0 Å². The average molecular weight is 229 g/mol. The smallest absolute Gasteiger partial charge is 0.159 e. The number of halogens is 1. The third kappa shape index (κ3) is 2.69. The van der Waals surface area contributed by atoms with Crippen molar-refractivity contribution >= 4 is 17.2 Å². The molecular weight excluding hydrogens is 217 g/mol. The Labute approximate surface area is 99.1 Å². The van der Waals surface area contributed by atoms with Crippen LogP contribution in [0.2, 0.25) is 0 Å². The molecule has 0 saturated heterocycles. The van der Waals surface area contributed by atoms with Gasteiger partial charge in [0.15, 0.2) is 5.78 Å². The second kappa shape index (κ2) is 4.78. The van der Waals surface area contributed by atoms with Crippen LogP contribution in [0.4, 0.5) is 15.8 Å². The minimum absolute atomic E-state index is 0.0119. The lowest BCUT2D eigenvalue weighted by Gasteiger charge is -2.08. The summed E-state index contributed by atoms with van der Waals surface area (Å²) < 4.78 is 13.4. The van der Waals surface area contributed by atoms with Gasteiger partial charge in [0.25, 0.3) is 0 Å². The molecule has 0 aliphatic carbocycles. The lowest BCUT2D eigenvalue weighted by Crippen LogP contribution is -1.96. The Balaban J connectivity index is 2.28. The van der Waals surface area contributed by atoms with E-state index in [1.165, 1.54) is 13.0 Å². The number of para-hydroxylation sites is 1. The fraction of sp³-hybridized carbons (Fsp3) is 0.0714. The van der Waals surface area contributed by atoms with Crippen LogP contribution < -0.4 is 5.32 Å². The van der Waals surface area contributed by atoms with Crippen LogP contribution in [0, 0.1) is 5.82 Å². The Hall–Kier alpha value is -2.16. The average Bonchev–Trinajstić information content (AvgIpc) is 2.32. The molecule has 0 unspecified atom stereocenters. The molecule has 2 nitrogen and oxygen atoms in total. The van der Waals surface area contributed by atoms with Crippen LogP contribution in [0.5, 0.6) is 0 Å². The zero-order valence-corrected chi connectivity index (χ0v) is 9.41. The molecule has 0 atom stereocenters. The molecule has 0 amide bonds. The van der Waals surface area contributed by atoms with Gasteiger partial charge in [0, 0.05) is 11.3 Å². The Morgan fingerprint density at radius 1 is 1.12 bits per heavy atom. The van der Waals surface area contributed by atoms with Gasteiger partial charge in [-0.2, -0.15) is 0 Å². The van der Waals surface area contributed by atoms with Crippen molar-refractivity contribution in [3.05, 3.63) is 59.9 Å². The van der Waals surface area contributed by atoms with Crippen molar-refractivity contribution in [1.82, 2.24) is 0 Å². The maximum absolute atomic E-state index is 13.4. The van der Waals surface area contributed by atoms with E-state index in [1.807, 2.05) is 0 Å². The molecule has 2 rings (SSSR count). The molecule has 0 aliphatic rings. The van der Waals surface area contributed by atoms with E-state index in [0.29, 0.717) is 16.9 Å². The van der Waals surface area contributed by atoms with Crippen molar-refractivity contribution in [1.29, 1.82) is 0 Å². The number of carbonyl (C=O) groups excluding carboxylic acids is 1. The lowest BCUT2D eigenvalue weighted by atomic mass is 10.1. The first-order valence-electron chi connectivity index (χ1n) is 5.29. The molecule has 0 fully saturated rings. The molecule has 2 aromatic carbocycles. The van der Waals surface area contributed by atoms with Crippen molar-refractivity contribution in [2.75, 3.05) is 5.32 Å². The summed E-state index contributed by atoms with van der Waals surface area (Å²) in [7, 11) is 0. The number of Topliss-reactive ketones (excluding diaryl/α,β-unsaturated/α-hetero) is 1. The first-order chi connectivity index (χ1) is 8.16. The molecule has 0 radical (unpaired) electrons. The van der Waals surface area contributed by atoms with E-state index in [0.717, 1.165) is 0 Å². The van der Waals surface area contributed by atoms with Gasteiger partial charge in [0.05, 0.1) is 5.69 Å². The molecule has 0 aliphatic heterocycles. The van der Waals surface area contributed by atoms with Crippen LogP contribution in [0.15, 0.2) is 48.5 Å². The number of carbonyl (C=O) groups is 1. The minimum atomic E-state index is -0.319. The van der Waals surface area contributed by atoms with Crippen LogP contribution in [0.1, 0.15) is 17.3 Å². The maximum atomic E-state index is 13.4. The maximum Gasteiger partial charge on any atom is 0.159 e. The van der Waals surface area contributed by atoms with Crippen LogP contribution >= 0.6 is 0 Å². The number of benzene rings is 2. The summed E-state index contributed by atoms with van der Waals surface area (Å²) in [4.78, 5) is 11.2. The van der Waals surface area contributed by atoms with Gasteiger partial charge >= 0.3 is 0 Å². The van der Waals surface area contributed by atoms with E-state index < -0.39 is 0 Å². The molecule has 0 saturated carbocycles. The van der Waals surface area contributed by atoms with E-state index in [9.17, 15) is 9.18 Å². The highest BCUT2D eigenvalue weighted by atomic mass is 19.1. The van der Waals surface area contributed by atoms with Gasteiger partial charge in [-0.15, -0.1) is 0 Å². The monoisotopic (exact) mass is 229 g/mol. The molecular formula is C14H12FNO. The number of ketones is 1. The van der Waals surface area contributed by atoms with Gasteiger partial charge in [-0.05, 0) is 31.2 Å². The zero-order chi connectivity index (χ0) is 12.3. The molecule has 0 spiro atoms. The highest BCUT2D eigenvalue weighted by Crippen LogP contribution is 2.20. The summed E-state index contributed by atoms with van der Waals surface area (Å²) in [6.07, 6.45) is 0. The highest BCUT2D eigenvalue weighted by Gasteiger charge is 2.03. The Morgan fingerprint density at radius 3 is 2.59 bits per heavy atom. The van der Waals surface area contributed by atoms with Crippen LogP contribution in [0.3, 0.4) is 0 Å². The first kappa shape index (κ1) is 11.3. The highest BCUT2D eigenvalue weighted by molar-refractivity contribution is 5.95. The summed E-state index contributed by atoms with van der Waals surface area (Å²) in [6.45, 7) is 1.50. The molecule has 17 heavy (non-hydrogen) atoms. The Morgan fingerprint density at radius 2 is 1.88 bits per heavy atom. The quantitative estimate of drug-likeness (QED) is 0.811. The standard InChI is InChI=1S/C14H12FNO/c1-10(17)11-5-4-6-12(9-11)16-14-8-3-2-7-13(14)15/h2-9,16H,1H3. The summed E-state index contributed by atoms with van der Waals surface area (Å²) in [5.41, 5.74) is 1.70. The molecule has 2 aromatic rings. The summed E-state index contributed by atoms with van der Waals surface area (Å²) in [5, 5.41) is 2.94. The number of rotatable bonds is 3. The molecule has 0 heterocycles. The van der Waals surface area contributed by atoms with Crippen molar-refractivity contribution in [2.45, 2.75) is 6.92 Å². The van der Waals surface area contributed by atoms with Gasteiger partial charge in [0.1, 0.15) is 5.82 Å². The van der Waals surface area contributed by atoms with Gasteiger partial charge in [0.2, 0.25) is 0 Å². The SMILES string of the molecule is CC(=O)c1cccc(Nc2ccccc2F)c1. The third-order valence-corrected chi connectivity index (χ3v) is 2.42. The van der Waals surface area contributed by atoms with Crippen molar-refractivity contribution in [3.63, 3.8) is 0 Å². The predicted molar refractivity (Wildman–Crippen MR) is 66.1 cm³/mol. The van der Waals surface area contributed by atoms with Crippen molar-refractivity contribution in [3.8, 4) is 0 Å². The number of anilines is 2. The van der Waals surface area contributed by atoms with Gasteiger partial charge < -0.3 is 5.32 Å². The largest absolute Gasteiger partial charge is 0.353 e. The van der Waals surface area contributed by atoms with E-state index in [1.54, 1.807) is 42.5 Å². The van der Waals surface area contributed by atoms with Crippen LogP contribution in [0.25, 0.3) is 0 Å². The predicted octanol–water partition coefficient (Wildman–Crippen LogP) is 3.77. The van der Waals surface area contributed by atoms with Crippen LogP contribution in [-0.2, 0) is 0 Å². The summed E-state index contributed by atoms with van der Waals surface area (Å²) >= 11 is 0. The topological polar surface area (TPSA) is 29.1 Å².